The van der Waals surface area contributed by atoms with E-state index in [-0.39, 0.29) is 18.3 Å². The summed E-state index contributed by atoms with van der Waals surface area (Å²) in [4.78, 5) is 22.1. The number of ether oxygens (including phenoxy) is 4. The summed E-state index contributed by atoms with van der Waals surface area (Å²) in [6.45, 7) is 7.79. The van der Waals surface area contributed by atoms with Gasteiger partial charge < -0.3 is 24.3 Å². The maximum Gasteiger partial charge on any atom is 0.220 e. The normalized spacial score (nSPS) is 10.7. The Morgan fingerprint density at radius 3 is 1.83 bits per heavy atom. The molecule has 0 saturated heterocycles. The number of hydrogen-bond acceptors (Lipinski definition) is 6. The lowest BCUT2D eigenvalue weighted by Gasteiger charge is -2.08. The molecule has 0 spiro atoms. The summed E-state index contributed by atoms with van der Waals surface area (Å²) < 4.78 is 21.1. The van der Waals surface area contributed by atoms with Crippen LogP contribution in [-0.2, 0) is 28.5 Å². The van der Waals surface area contributed by atoms with Crippen LogP contribution in [0, 0.1) is 0 Å². The molecule has 1 N–H and O–H groups in total. The summed E-state index contributed by atoms with van der Waals surface area (Å²) in [6.07, 6.45) is 1.91. The minimum atomic E-state index is 0.0625. The molecule has 0 bridgehead atoms. The van der Waals surface area contributed by atoms with Crippen LogP contribution in [0.4, 0.5) is 0 Å². The fourth-order valence-electron chi connectivity index (χ4n) is 1.53. The summed E-state index contributed by atoms with van der Waals surface area (Å²) in [5.74, 6) is 0.158. The minimum absolute atomic E-state index is 0.0625. The Labute approximate surface area is 139 Å². The Morgan fingerprint density at radius 1 is 0.783 bits per heavy atom. The molecule has 0 rings (SSSR count). The lowest BCUT2D eigenvalue weighted by atomic mass is 10.3. The van der Waals surface area contributed by atoms with Gasteiger partial charge in [0.2, 0.25) is 5.91 Å². The van der Waals surface area contributed by atoms with Gasteiger partial charge in [-0.1, -0.05) is 13.8 Å². The molecule has 0 aliphatic heterocycles. The van der Waals surface area contributed by atoms with E-state index in [1.807, 2.05) is 13.8 Å². The highest BCUT2D eigenvalue weighted by Gasteiger charge is 1.98. The fourth-order valence-corrected chi connectivity index (χ4v) is 1.53. The van der Waals surface area contributed by atoms with Gasteiger partial charge in [0.15, 0.2) is 5.78 Å². The van der Waals surface area contributed by atoms with Gasteiger partial charge in [0.25, 0.3) is 0 Å². The van der Waals surface area contributed by atoms with E-state index >= 15 is 0 Å². The molecule has 23 heavy (non-hydrogen) atoms. The van der Waals surface area contributed by atoms with Crippen molar-refractivity contribution >= 4 is 11.7 Å². The van der Waals surface area contributed by atoms with Crippen molar-refractivity contribution in [1.82, 2.24) is 5.32 Å². The molecule has 0 unspecified atom stereocenters. The summed E-state index contributed by atoms with van der Waals surface area (Å²) in [5, 5.41) is 2.77. The van der Waals surface area contributed by atoms with Crippen molar-refractivity contribution in [1.29, 1.82) is 0 Å². The van der Waals surface area contributed by atoms with Crippen molar-refractivity contribution in [3.63, 3.8) is 0 Å². The zero-order valence-corrected chi connectivity index (χ0v) is 14.4. The minimum Gasteiger partial charge on any atom is -0.377 e. The number of nitrogens with one attached hydrogen (secondary N) is 1. The monoisotopic (exact) mass is 333 g/mol. The first-order chi connectivity index (χ1) is 11.2. The molecular formula is C16H31NO6. The van der Waals surface area contributed by atoms with Crippen molar-refractivity contribution in [2.24, 2.45) is 0 Å². The lowest BCUT2D eigenvalue weighted by molar-refractivity contribution is -0.124. The molecule has 136 valence electrons. The first-order valence-corrected chi connectivity index (χ1v) is 8.30. The molecule has 1 amide bonds. The quantitative estimate of drug-likeness (QED) is 0.399. The van der Waals surface area contributed by atoms with Crippen LogP contribution in [0.25, 0.3) is 0 Å². The first kappa shape index (κ1) is 22.0. The van der Waals surface area contributed by atoms with Crippen LogP contribution < -0.4 is 5.32 Å². The molecular weight excluding hydrogens is 302 g/mol. The number of amides is 1. The largest absolute Gasteiger partial charge is 0.377 e. The van der Waals surface area contributed by atoms with Crippen LogP contribution >= 0.6 is 0 Å². The van der Waals surface area contributed by atoms with E-state index in [4.69, 9.17) is 18.9 Å². The van der Waals surface area contributed by atoms with Gasteiger partial charge in [-0.05, 0) is 6.42 Å². The second-order valence-electron chi connectivity index (χ2n) is 4.88. The molecule has 0 aromatic carbocycles. The predicted octanol–water partition coefficient (Wildman–Crippen LogP) is 0.948. The van der Waals surface area contributed by atoms with Gasteiger partial charge in [0, 0.05) is 19.4 Å². The Hall–Kier alpha value is -1.02. The van der Waals surface area contributed by atoms with Gasteiger partial charge >= 0.3 is 0 Å². The van der Waals surface area contributed by atoms with Crippen LogP contribution in [0.5, 0.6) is 0 Å². The van der Waals surface area contributed by atoms with E-state index in [9.17, 15) is 9.59 Å². The number of carbonyl (C=O) groups is 2. The summed E-state index contributed by atoms with van der Waals surface area (Å²) in [6, 6.07) is 0. The van der Waals surface area contributed by atoms with E-state index in [1.54, 1.807) is 0 Å². The molecule has 0 aliphatic rings. The van der Waals surface area contributed by atoms with Gasteiger partial charge in [0.1, 0.15) is 6.61 Å². The molecule has 0 saturated carbocycles. The number of ketones is 1. The molecule has 0 atom stereocenters. The van der Waals surface area contributed by atoms with Crippen LogP contribution in [0.1, 0.15) is 33.1 Å². The zero-order chi connectivity index (χ0) is 17.2. The molecule has 0 radical (unpaired) electrons. The fraction of sp³-hybridized carbons (Fsp3) is 0.875. The maximum absolute atomic E-state index is 11.2. The van der Waals surface area contributed by atoms with E-state index < -0.39 is 0 Å². The maximum atomic E-state index is 11.2. The standard InChI is InChI=1S/C16H31NO6/c1-3-5-16(19)17-6-7-20-8-9-21-10-11-22-12-13-23-14-15(18)4-2/h3-14H2,1-2H3,(H,17,19). The molecule has 0 heterocycles. The SMILES string of the molecule is CCCC(=O)NCCOCCOCCOCCOCC(=O)CC. The van der Waals surface area contributed by atoms with Crippen LogP contribution in [0.3, 0.4) is 0 Å². The van der Waals surface area contributed by atoms with Crippen LogP contribution in [-0.4, -0.2) is 71.1 Å². The van der Waals surface area contributed by atoms with Crippen molar-refractivity contribution in [2.75, 3.05) is 59.4 Å². The second-order valence-corrected chi connectivity index (χ2v) is 4.88. The lowest BCUT2D eigenvalue weighted by Crippen LogP contribution is -2.27. The Kier molecular flexibility index (Phi) is 16.6. The third-order valence-electron chi connectivity index (χ3n) is 2.82. The first-order valence-electron chi connectivity index (χ1n) is 8.30. The summed E-state index contributed by atoms with van der Waals surface area (Å²) in [5.41, 5.74) is 0. The van der Waals surface area contributed by atoms with Gasteiger partial charge in [-0.25, -0.2) is 0 Å². The van der Waals surface area contributed by atoms with Gasteiger partial charge in [-0.2, -0.15) is 0 Å². The zero-order valence-electron chi connectivity index (χ0n) is 14.4. The number of carbonyl (C=O) groups excluding carboxylic acids is 2. The van der Waals surface area contributed by atoms with Crippen molar-refractivity contribution in [2.45, 2.75) is 33.1 Å². The average molecular weight is 333 g/mol. The molecule has 0 aliphatic carbocycles. The van der Waals surface area contributed by atoms with Gasteiger partial charge in [-0.3, -0.25) is 9.59 Å². The highest BCUT2D eigenvalue weighted by atomic mass is 16.6. The van der Waals surface area contributed by atoms with Crippen molar-refractivity contribution in [3.05, 3.63) is 0 Å². The molecule has 0 aromatic rings. The molecule has 0 fully saturated rings. The Bertz CT molecular complexity index is 298. The van der Waals surface area contributed by atoms with Crippen molar-refractivity contribution in [3.8, 4) is 0 Å². The highest BCUT2D eigenvalue weighted by molar-refractivity contribution is 5.79. The molecule has 0 aromatic heterocycles. The topological polar surface area (TPSA) is 83.1 Å². The third-order valence-corrected chi connectivity index (χ3v) is 2.82. The van der Waals surface area contributed by atoms with Gasteiger partial charge in [-0.15, -0.1) is 0 Å². The van der Waals surface area contributed by atoms with E-state index in [0.29, 0.717) is 65.6 Å². The Balaban J connectivity index is 3.08. The third kappa shape index (κ3) is 17.2. The average Bonchev–Trinajstić information content (AvgIpc) is 2.55. The van der Waals surface area contributed by atoms with E-state index in [1.165, 1.54) is 0 Å². The predicted molar refractivity (Wildman–Crippen MR) is 86.5 cm³/mol. The summed E-state index contributed by atoms with van der Waals surface area (Å²) >= 11 is 0. The number of rotatable bonds is 17. The van der Waals surface area contributed by atoms with E-state index in [0.717, 1.165) is 6.42 Å². The molecule has 7 nitrogen and oxygen atoms in total. The number of hydrogen-bond donors (Lipinski definition) is 1. The number of Topliss-reactive ketones (excluding diaryl/α,β-unsaturated/α-hetero) is 1. The molecule has 7 heteroatoms. The van der Waals surface area contributed by atoms with Crippen molar-refractivity contribution < 1.29 is 28.5 Å². The second kappa shape index (κ2) is 17.3. The van der Waals surface area contributed by atoms with Gasteiger partial charge in [0.05, 0.1) is 46.2 Å². The highest BCUT2D eigenvalue weighted by Crippen LogP contribution is 1.86. The van der Waals surface area contributed by atoms with Crippen LogP contribution in [0.15, 0.2) is 0 Å². The van der Waals surface area contributed by atoms with Crippen LogP contribution in [0.2, 0.25) is 0 Å². The smallest absolute Gasteiger partial charge is 0.220 e. The van der Waals surface area contributed by atoms with E-state index in [2.05, 4.69) is 5.32 Å². The summed E-state index contributed by atoms with van der Waals surface area (Å²) in [7, 11) is 0. The Morgan fingerprint density at radius 2 is 1.30 bits per heavy atom.